The predicted molar refractivity (Wildman–Crippen MR) is 97.0 cm³/mol. The molecule has 3 aromatic rings. The van der Waals surface area contributed by atoms with E-state index in [0.717, 1.165) is 12.1 Å². The Balaban J connectivity index is 1.85. The topological polar surface area (TPSA) is 51.2 Å². The molecular weight excluding hydrogens is 357 g/mol. The number of rotatable bonds is 4. The molecule has 0 unspecified atom stereocenters. The number of halogens is 3. The first-order chi connectivity index (χ1) is 12.7. The number of anilines is 2. The van der Waals surface area contributed by atoms with Crippen LogP contribution in [-0.2, 0) is 10.9 Å². The fourth-order valence-corrected chi connectivity index (χ4v) is 2.56. The second kappa shape index (κ2) is 7.26. The van der Waals surface area contributed by atoms with Gasteiger partial charge in [0.25, 0.3) is 0 Å². The van der Waals surface area contributed by atoms with Gasteiger partial charge in [0.05, 0.1) is 22.7 Å². The van der Waals surface area contributed by atoms with Gasteiger partial charge in [0, 0.05) is 23.0 Å². The van der Waals surface area contributed by atoms with E-state index in [1.165, 1.54) is 12.3 Å². The standard InChI is InChI=1S/C20H17F3N2O2/c1-12(2)27-19(26)13-3-6-15(7-4-13)25-17-9-10-24-18-11-14(20(21,22)23)5-8-16(17)18/h3-12H,1-2H3,(H,24,25). The molecule has 0 bridgehead atoms. The summed E-state index contributed by atoms with van der Waals surface area (Å²) in [4.78, 5) is 15.9. The number of hydrogen-bond acceptors (Lipinski definition) is 4. The summed E-state index contributed by atoms with van der Waals surface area (Å²) in [5, 5.41) is 3.70. The highest BCUT2D eigenvalue weighted by molar-refractivity contribution is 5.94. The normalized spacial score (nSPS) is 11.6. The molecule has 0 aliphatic heterocycles. The van der Waals surface area contributed by atoms with Gasteiger partial charge in [-0.2, -0.15) is 13.2 Å². The lowest BCUT2D eigenvalue weighted by Gasteiger charge is -2.12. The van der Waals surface area contributed by atoms with E-state index in [1.54, 1.807) is 44.2 Å². The smallest absolute Gasteiger partial charge is 0.416 e. The summed E-state index contributed by atoms with van der Waals surface area (Å²) in [7, 11) is 0. The first-order valence-corrected chi connectivity index (χ1v) is 8.28. The van der Waals surface area contributed by atoms with Gasteiger partial charge in [0.15, 0.2) is 0 Å². The van der Waals surface area contributed by atoms with E-state index in [4.69, 9.17) is 4.74 Å². The van der Waals surface area contributed by atoms with Crippen LogP contribution in [0, 0.1) is 0 Å². The lowest BCUT2D eigenvalue weighted by molar-refractivity contribution is -0.137. The quantitative estimate of drug-likeness (QED) is 0.607. The highest BCUT2D eigenvalue weighted by atomic mass is 19.4. The van der Waals surface area contributed by atoms with Crippen molar-refractivity contribution >= 4 is 28.2 Å². The number of pyridine rings is 1. The van der Waals surface area contributed by atoms with Crippen LogP contribution in [0.25, 0.3) is 10.9 Å². The number of benzene rings is 2. The average molecular weight is 374 g/mol. The van der Waals surface area contributed by atoms with Crippen molar-refractivity contribution in [3.63, 3.8) is 0 Å². The molecule has 4 nitrogen and oxygen atoms in total. The van der Waals surface area contributed by atoms with Crippen molar-refractivity contribution in [2.24, 2.45) is 0 Å². The first kappa shape index (κ1) is 18.7. The van der Waals surface area contributed by atoms with E-state index in [1.807, 2.05) is 0 Å². The molecule has 0 amide bonds. The van der Waals surface area contributed by atoms with Gasteiger partial charge in [-0.25, -0.2) is 4.79 Å². The highest BCUT2D eigenvalue weighted by Gasteiger charge is 2.30. The zero-order chi connectivity index (χ0) is 19.6. The zero-order valence-electron chi connectivity index (χ0n) is 14.7. The maximum atomic E-state index is 12.9. The molecule has 1 heterocycles. The van der Waals surface area contributed by atoms with Crippen LogP contribution in [0.3, 0.4) is 0 Å². The van der Waals surface area contributed by atoms with Crippen molar-refractivity contribution in [3.05, 3.63) is 65.9 Å². The third-order valence-electron chi connectivity index (χ3n) is 3.81. The Morgan fingerprint density at radius 2 is 1.78 bits per heavy atom. The van der Waals surface area contributed by atoms with Gasteiger partial charge in [0.2, 0.25) is 0 Å². The van der Waals surface area contributed by atoms with E-state index in [9.17, 15) is 18.0 Å². The molecule has 7 heteroatoms. The molecule has 140 valence electrons. The Morgan fingerprint density at radius 1 is 1.07 bits per heavy atom. The Kier molecular flexibility index (Phi) is 5.03. The minimum Gasteiger partial charge on any atom is -0.459 e. The van der Waals surface area contributed by atoms with Crippen LogP contribution in [0.5, 0.6) is 0 Å². The molecule has 0 fully saturated rings. The van der Waals surface area contributed by atoms with E-state index < -0.39 is 17.7 Å². The van der Waals surface area contributed by atoms with Gasteiger partial charge < -0.3 is 10.1 Å². The molecule has 0 aliphatic carbocycles. The van der Waals surface area contributed by atoms with Gasteiger partial charge in [0.1, 0.15) is 0 Å². The number of carbonyl (C=O) groups is 1. The molecule has 0 saturated carbocycles. The van der Waals surface area contributed by atoms with Gasteiger partial charge in [-0.1, -0.05) is 6.07 Å². The predicted octanol–water partition coefficient (Wildman–Crippen LogP) is 5.56. The third-order valence-corrected chi connectivity index (χ3v) is 3.81. The Bertz CT molecular complexity index is 967. The van der Waals surface area contributed by atoms with Gasteiger partial charge in [-0.05, 0) is 56.3 Å². The number of esters is 1. The summed E-state index contributed by atoms with van der Waals surface area (Å²) < 4.78 is 43.7. The van der Waals surface area contributed by atoms with Crippen molar-refractivity contribution in [1.29, 1.82) is 0 Å². The van der Waals surface area contributed by atoms with Gasteiger partial charge >= 0.3 is 12.1 Å². The lowest BCUT2D eigenvalue weighted by Crippen LogP contribution is -2.11. The molecule has 1 aromatic heterocycles. The summed E-state index contributed by atoms with van der Waals surface area (Å²) in [6.07, 6.45) is -3.18. The number of aromatic nitrogens is 1. The second-order valence-corrected chi connectivity index (χ2v) is 6.24. The Morgan fingerprint density at radius 3 is 2.41 bits per heavy atom. The number of hydrogen-bond donors (Lipinski definition) is 1. The van der Waals surface area contributed by atoms with Gasteiger partial charge in [-0.15, -0.1) is 0 Å². The van der Waals surface area contributed by atoms with Crippen LogP contribution in [0.2, 0.25) is 0 Å². The van der Waals surface area contributed by atoms with E-state index in [-0.39, 0.29) is 11.6 Å². The van der Waals surface area contributed by atoms with E-state index in [2.05, 4.69) is 10.3 Å². The minimum absolute atomic E-state index is 0.208. The molecule has 0 saturated heterocycles. The molecule has 0 spiro atoms. The van der Waals surface area contributed by atoms with Crippen LogP contribution >= 0.6 is 0 Å². The molecule has 0 radical (unpaired) electrons. The van der Waals surface area contributed by atoms with Crippen molar-refractivity contribution in [3.8, 4) is 0 Å². The largest absolute Gasteiger partial charge is 0.459 e. The van der Waals surface area contributed by atoms with Crippen molar-refractivity contribution < 1.29 is 22.7 Å². The zero-order valence-corrected chi connectivity index (χ0v) is 14.7. The van der Waals surface area contributed by atoms with Crippen LogP contribution < -0.4 is 5.32 Å². The summed E-state index contributed by atoms with van der Waals surface area (Å²) >= 11 is 0. The van der Waals surface area contributed by atoms with Gasteiger partial charge in [-0.3, -0.25) is 4.98 Å². The maximum Gasteiger partial charge on any atom is 0.416 e. The summed E-state index contributed by atoms with van der Waals surface area (Å²) in [5.41, 5.74) is 1.22. The molecule has 2 aromatic carbocycles. The molecule has 27 heavy (non-hydrogen) atoms. The molecule has 3 rings (SSSR count). The van der Waals surface area contributed by atoms with E-state index >= 15 is 0 Å². The Labute approximate surface area is 154 Å². The number of nitrogens with zero attached hydrogens (tertiary/aromatic N) is 1. The SMILES string of the molecule is CC(C)OC(=O)c1ccc(Nc2ccnc3cc(C(F)(F)F)ccc23)cc1. The minimum atomic E-state index is -4.42. The highest BCUT2D eigenvalue weighted by Crippen LogP contribution is 2.33. The van der Waals surface area contributed by atoms with Crippen LogP contribution in [0.1, 0.15) is 29.8 Å². The van der Waals surface area contributed by atoms with Crippen molar-refractivity contribution in [1.82, 2.24) is 4.98 Å². The number of ether oxygens (including phenoxy) is 1. The summed E-state index contributed by atoms with van der Waals surface area (Å²) in [5.74, 6) is -0.411. The maximum absolute atomic E-state index is 12.9. The van der Waals surface area contributed by atoms with Crippen molar-refractivity contribution in [2.45, 2.75) is 26.1 Å². The van der Waals surface area contributed by atoms with E-state index in [0.29, 0.717) is 22.3 Å². The molecule has 1 N–H and O–H groups in total. The number of alkyl halides is 3. The number of nitrogens with one attached hydrogen (secondary N) is 1. The average Bonchev–Trinajstić information content (AvgIpc) is 2.61. The molecule has 0 atom stereocenters. The third kappa shape index (κ3) is 4.36. The fourth-order valence-electron chi connectivity index (χ4n) is 2.56. The number of fused-ring (bicyclic) bond motifs is 1. The monoisotopic (exact) mass is 374 g/mol. The number of carbonyl (C=O) groups excluding carboxylic acids is 1. The lowest BCUT2D eigenvalue weighted by atomic mass is 10.1. The molecule has 0 aliphatic rings. The summed E-state index contributed by atoms with van der Waals surface area (Å²) in [6.45, 7) is 3.54. The van der Waals surface area contributed by atoms with Crippen LogP contribution in [0.4, 0.5) is 24.5 Å². The molecular formula is C20H17F3N2O2. The first-order valence-electron chi connectivity index (χ1n) is 8.28. The summed E-state index contributed by atoms with van der Waals surface area (Å²) in [6, 6.07) is 11.8. The van der Waals surface area contributed by atoms with Crippen molar-refractivity contribution in [2.75, 3.05) is 5.32 Å². The second-order valence-electron chi connectivity index (χ2n) is 6.24. The Hall–Kier alpha value is -3.09. The van der Waals surface area contributed by atoms with Crippen LogP contribution in [-0.4, -0.2) is 17.1 Å². The van der Waals surface area contributed by atoms with Crippen LogP contribution in [0.15, 0.2) is 54.7 Å². The fraction of sp³-hybridized carbons (Fsp3) is 0.200.